The maximum absolute atomic E-state index is 13.0. The van der Waals surface area contributed by atoms with E-state index in [2.05, 4.69) is 4.98 Å². The number of amides is 1. The molecule has 0 bridgehead atoms. The minimum atomic E-state index is -0.292. The van der Waals surface area contributed by atoms with E-state index in [4.69, 9.17) is 10.5 Å². The molecule has 1 saturated heterocycles. The van der Waals surface area contributed by atoms with Crippen LogP contribution in [0.5, 0.6) is 0 Å². The zero-order chi connectivity index (χ0) is 17.6. The number of nitrogen functional groups attached to an aromatic ring is 1. The number of nitrogens with zero attached hydrogens (tertiary/aromatic N) is 2. The number of anilines is 1. The summed E-state index contributed by atoms with van der Waals surface area (Å²) in [5.74, 6) is 0.269. The second-order valence-electron chi connectivity index (χ2n) is 6.26. The molecule has 0 saturated carbocycles. The van der Waals surface area contributed by atoms with Gasteiger partial charge in [-0.2, -0.15) is 0 Å². The number of aryl methyl sites for hydroxylation is 1. The number of benzene rings is 1. The maximum Gasteiger partial charge on any atom is 0.227 e. The predicted molar refractivity (Wildman–Crippen MR) is 93.4 cm³/mol. The first-order valence-electron chi connectivity index (χ1n) is 8.44. The highest BCUT2D eigenvalue weighted by Crippen LogP contribution is 2.15. The number of aromatic nitrogens is 1. The minimum absolute atomic E-state index is 0.0142. The van der Waals surface area contributed by atoms with Crippen LogP contribution in [0, 0.1) is 5.82 Å². The van der Waals surface area contributed by atoms with Gasteiger partial charge in [0.1, 0.15) is 11.6 Å². The third kappa shape index (κ3) is 5.00. The van der Waals surface area contributed by atoms with Crippen LogP contribution in [0.1, 0.15) is 17.5 Å². The van der Waals surface area contributed by atoms with Gasteiger partial charge in [-0.15, -0.1) is 0 Å². The number of halogens is 1. The van der Waals surface area contributed by atoms with Gasteiger partial charge >= 0.3 is 0 Å². The van der Waals surface area contributed by atoms with Crippen molar-refractivity contribution < 1.29 is 13.9 Å². The Kier molecular flexibility index (Phi) is 5.60. The highest BCUT2D eigenvalue weighted by atomic mass is 19.1. The standard InChI is InChI=1S/C19H22FN3O2/c20-16-4-1-14(2-5-16)12-19(24)23-9-10-25-17(13-23)6-3-15-7-8-22-18(21)11-15/h1-2,4-5,7-8,11,17H,3,6,9-10,12-13H2,(H2,21,22). The van der Waals surface area contributed by atoms with E-state index in [0.717, 1.165) is 24.0 Å². The lowest BCUT2D eigenvalue weighted by Crippen LogP contribution is -2.46. The summed E-state index contributed by atoms with van der Waals surface area (Å²) in [6.07, 6.45) is 3.65. The molecule has 3 rings (SSSR count). The lowest BCUT2D eigenvalue weighted by Gasteiger charge is -2.33. The van der Waals surface area contributed by atoms with Gasteiger partial charge in [0.2, 0.25) is 5.91 Å². The van der Waals surface area contributed by atoms with Crippen molar-refractivity contribution >= 4 is 11.7 Å². The van der Waals surface area contributed by atoms with E-state index in [9.17, 15) is 9.18 Å². The van der Waals surface area contributed by atoms with Gasteiger partial charge in [-0.25, -0.2) is 9.37 Å². The van der Waals surface area contributed by atoms with Crippen LogP contribution in [-0.2, 0) is 22.4 Å². The van der Waals surface area contributed by atoms with Crippen LogP contribution in [-0.4, -0.2) is 41.6 Å². The Bertz CT molecular complexity index is 721. The monoisotopic (exact) mass is 343 g/mol. The van der Waals surface area contributed by atoms with Crippen LogP contribution in [0.4, 0.5) is 10.2 Å². The number of pyridine rings is 1. The molecule has 1 amide bonds. The molecule has 1 atom stereocenters. The molecule has 1 aliphatic rings. The van der Waals surface area contributed by atoms with Crippen molar-refractivity contribution in [2.75, 3.05) is 25.4 Å². The molecule has 1 aromatic heterocycles. The number of rotatable bonds is 5. The fourth-order valence-corrected chi connectivity index (χ4v) is 2.99. The molecule has 2 aromatic rings. The van der Waals surface area contributed by atoms with Gasteiger partial charge in [0, 0.05) is 19.3 Å². The van der Waals surface area contributed by atoms with Gasteiger partial charge in [-0.1, -0.05) is 12.1 Å². The normalized spacial score (nSPS) is 17.5. The smallest absolute Gasteiger partial charge is 0.227 e. The van der Waals surface area contributed by atoms with E-state index in [1.54, 1.807) is 18.3 Å². The second kappa shape index (κ2) is 8.07. The van der Waals surface area contributed by atoms with Crippen LogP contribution in [0.25, 0.3) is 0 Å². The molecule has 2 heterocycles. The highest BCUT2D eigenvalue weighted by Gasteiger charge is 2.24. The number of morpholine rings is 1. The van der Waals surface area contributed by atoms with Gasteiger partial charge < -0.3 is 15.4 Å². The molecule has 25 heavy (non-hydrogen) atoms. The summed E-state index contributed by atoms with van der Waals surface area (Å²) in [7, 11) is 0. The average molecular weight is 343 g/mol. The zero-order valence-corrected chi connectivity index (χ0v) is 14.0. The number of carbonyl (C=O) groups is 1. The van der Waals surface area contributed by atoms with Crippen molar-refractivity contribution in [1.29, 1.82) is 0 Å². The Morgan fingerprint density at radius 1 is 1.28 bits per heavy atom. The topological polar surface area (TPSA) is 68.5 Å². The van der Waals surface area contributed by atoms with Crippen LogP contribution >= 0.6 is 0 Å². The molecular weight excluding hydrogens is 321 g/mol. The first kappa shape index (κ1) is 17.4. The van der Waals surface area contributed by atoms with Crippen LogP contribution in [0.15, 0.2) is 42.6 Å². The summed E-state index contributed by atoms with van der Waals surface area (Å²) in [6.45, 7) is 1.72. The van der Waals surface area contributed by atoms with Crippen LogP contribution in [0.3, 0.4) is 0 Å². The summed E-state index contributed by atoms with van der Waals surface area (Å²) in [4.78, 5) is 18.3. The Morgan fingerprint density at radius 2 is 2.08 bits per heavy atom. The summed E-state index contributed by atoms with van der Waals surface area (Å²) >= 11 is 0. The van der Waals surface area contributed by atoms with E-state index in [1.807, 2.05) is 17.0 Å². The Morgan fingerprint density at radius 3 is 2.84 bits per heavy atom. The van der Waals surface area contributed by atoms with Gasteiger partial charge in [-0.3, -0.25) is 4.79 Å². The number of carbonyl (C=O) groups excluding carboxylic acids is 1. The van der Waals surface area contributed by atoms with Gasteiger partial charge in [0.25, 0.3) is 0 Å². The van der Waals surface area contributed by atoms with Gasteiger partial charge in [-0.05, 0) is 48.2 Å². The summed E-state index contributed by atoms with van der Waals surface area (Å²) in [5, 5.41) is 0. The van der Waals surface area contributed by atoms with E-state index in [-0.39, 0.29) is 24.2 Å². The van der Waals surface area contributed by atoms with E-state index < -0.39 is 0 Å². The Balaban J connectivity index is 1.51. The number of hydrogen-bond acceptors (Lipinski definition) is 4. The van der Waals surface area contributed by atoms with E-state index in [0.29, 0.717) is 25.5 Å². The van der Waals surface area contributed by atoms with Gasteiger partial charge in [0.05, 0.1) is 19.1 Å². The van der Waals surface area contributed by atoms with E-state index >= 15 is 0 Å². The van der Waals surface area contributed by atoms with E-state index in [1.165, 1.54) is 12.1 Å². The molecular formula is C19H22FN3O2. The van der Waals surface area contributed by atoms with Crippen molar-refractivity contribution in [1.82, 2.24) is 9.88 Å². The summed E-state index contributed by atoms with van der Waals surface area (Å²) in [6, 6.07) is 9.87. The lowest BCUT2D eigenvalue weighted by atomic mass is 10.1. The third-order valence-corrected chi connectivity index (χ3v) is 4.36. The number of nitrogens with two attached hydrogens (primary N) is 1. The Labute approximate surface area is 146 Å². The molecule has 6 heteroatoms. The maximum atomic E-state index is 13.0. The molecule has 0 spiro atoms. The van der Waals surface area contributed by atoms with Crippen molar-refractivity contribution in [3.8, 4) is 0 Å². The SMILES string of the molecule is Nc1cc(CCC2CN(C(=O)Cc3ccc(F)cc3)CCO2)ccn1. The molecule has 0 radical (unpaired) electrons. The fraction of sp³-hybridized carbons (Fsp3) is 0.368. The Hall–Kier alpha value is -2.47. The molecule has 0 aliphatic carbocycles. The van der Waals surface area contributed by atoms with Crippen molar-refractivity contribution in [2.45, 2.75) is 25.4 Å². The first-order chi connectivity index (χ1) is 12.1. The van der Waals surface area contributed by atoms with Crippen molar-refractivity contribution in [3.05, 3.63) is 59.5 Å². The van der Waals surface area contributed by atoms with Crippen LogP contribution < -0.4 is 5.73 Å². The first-order valence-corrected chi connectivity index (χ1v) is 8.44. The molecule has 2 N–H and O–H groups in total. The quantitative estimate of drug-likeness (QED) is 0.904. The zero-order valence-electron chi connectivity index (χ0n) is 14.0. The van der Waals surface area contributed by atoms with Crippen molar-refractivity contribution in [3.63, 3.8) is 0 Å². The second-order valence-corrected chi connectivity index (χ2v) is 6.26. The largest absolute Gasteiger partial charge is 0.384 e. The molecule has 1 fully saturated rings. The van der Waals surface area contributed by atoms with Crippen molar-refractivity contribution in [2.24, 2.45) is 0 Å². The highest BCUT2D eigenvalue weighted by molar-refractivity contribution is 5.78. The van der Waals surface area contributed by atoms with Gasteiger partial charge in [0.15, 0.2) is 0 Å². The summed E-state index contributed by atoms with van der Waals surface area (Å²) in [5.41, 5.74) is 7.63. The number of ether oxygens (including phenoxy) is 1. The predicted octanol–water partition coefficient (Wildman–Crippen LogP) is 2.21. The molecule has 1 aromatic carbocycles. The molecule has 1 unspecified atom stereocenters. The summed E-state index contributed by atoms with van der Waals surface area (Å²) < 4.78 is 18.7. The molecule has 5 nitrogen and oxygen atoms in total. The number of hydrogen-bond donors (Lipinski definition) is 1. The molecule has 132 valence electrons. The fourth-order valence-electron chi connectivity index (χ4n) is 2.99. The molecule has 1 aliphatic heterocycles. The average Bonchev–Trinajstić information content (AvgIpc) is 2.62. The lowest BCUT2D eigenvalue weighted by molar-refractivity contribution is -0.138. The third-order valence-electron chi connectivity index (χ3n) is 4.36. The minimum Gasteiger partial charge on any atom is -0.384 e. The van der Waals surface area contributed by atoms with Crippen LogP contribution in [0.2, 0.25) is 0 Å².